The summed E-state index contributed by atoms with van der Waals surface area (Å²) >= 11 is 0. The van der Waals surface area contributed by atoms with Crippen LogP contribution in [0.3, 0.4) is 0 Å². The summed E-state index contributed by atoms with van der Waals surface area (Å²) in [7, 11) is 4.38. The zero-order valence-corrected chi connectivity index (χ0v) is 27.0. The van der Waals surface area contributed by atoms with Gasteiger partial charge in [0.05, 0.1) is 23.2 Å². The average molecular weight is 578 g/mol. The monoisotopic (exact) mass is 578 g/mol. The van der Waals surface area contributed by atoms with E-state index in [0.29, 0.717) is 0 Å². The van der Waals surface area contributed by atoms with Crippen molar-refractivity contribution in [1.29, 1.82) is 0 Å². The number of ether oxygens (including phenoxy) is 1. The first kappa shape index (κ1) is 30.3. The molecule has 2 radical (unpaired) electrons. The third-order valence-electron chi connectivity index (χ3n) is 9.13. The molecule has 0 atom stereocenters. The van der Waals surface area contributed by atoms with Crippen LogP contribution in [0.15, 0.2) is 72.8 Å². The molecule has 222 valence electrons. The molecule has 0 N–H and O–H groups in total. The van der Waals surface area contributed by atoms with E-state index in [9.17, 15) is 0 Å². The van der Waals surface area contributed by atoms with Crippen molar-refractivity contribution in [2.45, 2.75) is 85.4 Å². The molecular weight excluding hydrogens is 534 g/mol. The number of aryl methyl sites for hydroxylation is 1. The molecule has 0 unspecified atom stereocenters. The Morgan fingerprint density at radius 3 is 2.07 bits per heavy atom. The molecule has 5 heteroatoms. The van der Waals surface area contributed by atoms with E-state index in [-0.39, 0.29) is 0 Å². The topological polar surface area (TPSA) is 27.1 Å². The fraction of sp³-hybridized carbons (Fsp3) is 0.359. The lowest BCUT2D eigenvalue weighted by atomic mass is 9.72. The second-order valence-electron chi connectivity index (χ2n) is 12.1. The molecule has 44 heavy (non-hydrogen) atoms. The van der Waals surface area contributed by atoms with Crippen LogP contribution in [0.25, 0.3) is 54.7 Å². The predicted octanol–water partition coefficient (Wildman–Crippen LogP) is 9.46. The van der Waals surface area contributed by atoms with E-state index < -0.39 is 0 Å². The SMILES string of the molecule is C[B]c1ccc2c3ccc([B]C)cc3c3c(nc(-c4c(OCCCCCC)ccc5ccccc45)n3CCCCCC)c2c1. The van der Waals surface area contributed by atoms with Crippen LogP contribution in [0, 0.1) is 0 Å². The zero-order chi connectivity index (χ0) is 30.5. The van der Waals surface area contributed by atoms with Crippen LogP contribution < -0.4 is 15.7 Å². The fourth-order valence-electron chi connectivity index (χ4n) is 6.68. The molecule has 3 nitrogen and oxygen atoms in total. The predicted molar refractivity (Wildman–Crippen MR) is 194 cm³/mol. The highest BCUT2D eigenvalue weighted by molar-refractivity contribution is 6.53. The average Bonchev–Trinajstić information content (AvgIpc) is 3.45. The van der Waals surface area contributed by atoms with Gasteiger partial charge in [0.2, 0.25) is 0 Å². The molecule has 0 saturated heterocycles. The van der Waals surface area contributed by atoms with Crippen molar-refractivity contribution in [3.63, 3.8) is 0 Å². The standard InChI is InChI=1S/C39H44B2N2O/c1-5-7-9-13-23-43-38-34-26-29(41-4)19-21-32(34)31-20-18-28(40-3)25-33(31)37(38)42-39(43)36-30-16-12-11-15-27(30)17-22-35(36)44-24-14-10-8-6-2/h11-12,15-22,25-26H,5-10,13-14,23-24H2,1-4H3. The van der Waals surface area contributed by atoms with Gasteiger partial charge in [0, 0.05) is 17.3 Å². The molecule has 0 aliphatic carbocycles. The highest BCUT2D eigenvalue weighted by Gasteiger charge is 2.23. The van der Waals surface area contributed by atoms with Gasteiger partial charge in [0.25, 0.3) is 0 Å². The molecule has 6 rings (SSSR count). The van der Waals surface area contributed by atoms with E-state index >= 15 is 0 Å². The smallest absolute Gasteiger partial charge is 0.148 e. The summed E-state index contributed by atoms with van der Waals surface area (Å²) in [5, 5.41) is 7.44. The number of aromatic nitrogens is 2. The van der Waals surface area contributed by atoms with E-state index in [4.69, 9.17) is 9.72 Å². The second-order valence-corrected chi connectivity index (χ2v) is 12.1. The normalized spacial score (nSPS) is 11.6. The first-order valence-corrected chi connectivity index (χ1v) is 16.8. The van der Waals surface area contributed by atoms with Gasteiger partial charge >= 0.3 is 0 Å². The Morgan fingerprint density at radius 2 is 1.34 bits per heavy atom. The van der Waals surface area contributed by atoms with Gasteiger partial charge in [-0.1, -0.05) is 144 Å². The Hall–Kier alpha value is -3.72. The first-order chi connectivity index (χ1) is 21.7. The molecule has 0 bridgehead atoms. The number of rotatable bonds is 14. The summed E-state index contributed by atoms with van der Waals surface area (Å²) in [6.07, 6.45) is 9.52. The van der Waals surface area contributed by atoms with Crippen molar-refractivity contribution in [2.24, 2.45) is 0 Å². The minimum absolute atomic E-state index is 0.722. The minimum Gasteiger partial charge on any atom is -0.493 e. The van der Waals surface area contributed by atoms with E-state index in [1.165, 1.54) is 87.3 Å². The lowest BCUT2D eigenvalue weighted by Crippen LogP contribution is -2.11. The second kappa shape index (κ2) is 13.9. The third kappa shape index (κ3) is 5.86. The molecular formula is C39H44B2N2O. The van der Waals surface area contributed by atoms with Crippen LogP contribution in [-0.4, -0.2) is 30.7 Å². The molecule has 0 aliphatic rings. The molecule has 6 aromatic rings. The molecule has 0 fully saturated rings. The number of nitrogens with zero attached hydrogens (tertiary/aromatic N) is 2. The summed E-state index contributed by atoms with van der Waals surface area (Å²) in [5.74, 6) is 1.95. The van der Waals surface area contributed by atoms with E-state index in [1.54, 1.807) is 0 Å². The molecule has 0 spiro atoms. The first-order valence-electron chi connectivity index (χ1n) is 16.8. The highest BCUT2D eigenvalue weighted by Crippen LogP contribution is 2.42. The highest BCUT2D eigenvalue weighted by atomic mass is 16.5. The Balaban J connectivity index is 1.67. The summed E-state index contributed by atoms with van der Waals surface area (Å²) in [4.78, 5) is 5.62. The summed E-state index contributed by atoms with van der Waals surface area (Å²) in [5.41, 5.74) is 5.88. The van der Waals surface area contributed by atoms with Gasteiger partial charge in [0.1, 0.15) is 26.1 Å². The van der Waals surface area contributed by atoms with Gasteiger partial charge in [-0.25, -0.2) is 4.98 Å². The van der Waals surface area contributed by atoms with Crippen molar-refractivity contribution < 1.29 is 4.74 Å². The third-order valence-corrected chi connectivity index (χ3v) is 9.13. The summed E-state index contributed by atoms with van der Waals surface area (Å²) < 4.78 is 9.15. The summed E-state index contributed by atoms with van der Waals surface area (Å²) in [6, 6.07) is 26.8. The van der Waals surface area contributed by atoms with E-state index in [0.717, 1.165) is 48.6 Å². The van der Waals surface area contributed by atoms with Crippen LogP contribution in [0.1, 0.15) is 65.2 Å². The minimum atomic E-state index is 0.722. The van der Waals surface area contributed by atoms with Crippen LogP contribution in [0.5, 0.6) is 5.75 Å². The lowest BCUT2D eigenvalue weighted by molar-refractivity contribution is 0.306. The van der Waals surface area contributed by atoms with E-state index in [2.05, 4.69) is 119 Å². The van der Waals surface area contributed by atoms with Crippen LogP contribution >= 0.6 is 0 Å². The van der Waals surface area contributed by atoms with Crippen molar-refractivity contribution in [3.05, 3.63) is 72.8 Å². The number of imidazole rings is 1. The molecule has 0 amide bonds. The lowest BCUT2D eigenvalue weighted by Gasteiger charge is -2.17. The van der Waals surface area contributed by atoms with Gasteiger partial charge in [-0.05, 0) is 40.5 Å². The molecule has 1 heterocycles. The van der Waals surface area contributed by atoms with Crippen molar-refractivity contribution >= 4 is 68.8 Å². The quantitative estimate of drug-likeness (QED) is 0.0732. The number of fused-ring (bicyclic) bond motifs is 7. The molecule has 0 aliphatic heterocycles. The van der Waals surface area contributed by atoms with Crippen LogP contribution in [-0.2, 0) is 6.54 Å². The van der Waals surface area contributed by atoms with Crippen LogP contribution in [0.2, 0.25) is 13.6 Å². The van der Waals surface area contributed by atoms with Gasteiger partial charge in [-0.3, -0.25) is 0 Å². The van der Waals surface area contributed by atoms with Gasteiger partial charge in [-0.2, -0.15) is 0 Å². The fourth-order valence-corrected chi connectivity index (χ4v) is 6.68. The number of benzene rings is 5. The number of hydrogen-bond acceptors (Lipinski definition) is 2. The maximum Gasteiger partial charge on any atom is 0.148 e. The number of hydrogen-bond donors (Lipinski definition) is 0. The maximum atomic E-state index is 6.62. The largest absolute Gasteiger partial charge is 0.493 e. The van der Waals surface area contributed by atoms with Crippen LogP contribution in [0.4, 0.5) is 0 Å². The van der Waals surface area contributed by atoms with Gasteiger partial charge in [-0.15, -0.1) is 0 Å². The van der Waals surface area contributed by atoms with Crippen molar-refractivity contribution in [1.82, 2.24) is 9.55 Å². The molecule has 0 saturated carbocycles. The Bertz CT molecular complexity index is 1910. The Labute approximate surface area is 264 Å². The summed E-state index contributed by atoms with van der Waals surface area (Å²) in [6.45, 7) is 10.4. The van der Waals surface area contributed by atoms with Gasteiger partial charge < -0.3 is 9.30 Å². The zero-order valence-electron chi connectivity index (χ0n) is 27.0. The van der Waals surface area contributed by atoms with Crippen molar-refractivity contribution in [3.8, 4) is 17.1 Å². The van der Waals surface area contributed by atoms with E-state index in [1.807, 2.05) is 0 Å². The van der Waals surface area contributed by atoms with Crippen molar-refractivity contribution in [2.75, 3.05) is 6.61 Å². The van der Waals surface area contributed by atoms with Gasteiger partial charge in [0.15, 0.2) is 0 Å². The number of unbranched alkanes of at least 4 members (excludes halogenated alkanes) is 6. The Morgan fingerprint density at radius 1 is 0.659 bits per heavy atom. The molecule has 5 aromatic carbocycles. The Kier molecular flexibility index (Phi) is 9.60. The molecule has 1 aromatic heterocycles. The maximum absolute atomic E-state index is 6.62.